The van der Waals surface area contributed by atoms with E-state index in [4.69, 9.17) is 4.74 Å². The highest BCUT2D eigenvalue weighted by Gasteiger charge is 1.97. The van der Waals surface area contributed by atoms with E-state index in [2.05, 4.69) is 22.8 Å². The van der Waals surface area contributed by atoms with E-state index in [0.717, 1.165) is 19.4 Å². The molecule has 1 amide bonds. The fourth-order valence-corrected chi connectivity index (χ4v) is 1.56. The Morgan fingerprint density at radius 2 is 1.95 bits per heavy atom. The van der Waals surface area contributed by atoms with Gasteiger partial charge in [-0.25, -0.2) is 0 Å². The van der Waals surface area contributed by atoms with Crippen molar-refractivity contribution >= 4 is 18.3 Å². The Kier molecular flexibility index (Phi) is 11.3. The molecule has 4 nitrogen and oxygen atoms in total. The van der Waals surface area contributed by atoms with Gasteiger partial charge in [-0.3, -0.25) is 4.79 Å². The van der Waals surface area contributed by atoms with Gasteiger partial charge < -0.3 is 15.4 Å². The van der Waals surface area contributed by atoms with E-state index in [-0.39, 0.29) is 18.3 Å². The zero-order valence-electron chi connectivity index (χ0n) is 11.4. The number of likely N-dealkylation sites (N-methyl/N-ethyl adjacent to an activating group) is 1. The van der Waals surface area contributed by atoms with Crippen molar-refractivity contribution in [1.29, 1.82) is 0 Å². The van der Waals surface area contributed by atoms with Crippen molar-refractivity contribution in [3.63, 3.8) is 0 Å². The second-order valence-electron chi connectivity index (χ2n) is 4.08. The van der Waals surface area contributed by atoms with Crippen LogP contribution in [0.15, 0.2) is 30.3 Å². The third-order valence-electron chi connectivity index (χ3n) is 2.50. The van der Waals surface area contributed by atoms with Crippen LogP contribution in [0, 0.1) is 0 Å². The van der Waals surface area contributed by atoms with Crippen LogP contribution in [0.5, 0.6) is 0 Å². The normalized spacial score (nSPS) is 9.74. The van der Waals surface area contributed by atoms with Crippen molar-refractivity contribution in [2.75, 3.05) is 33.4 Å². The van der Waals surface area contributed by atoms with Crippen LogP contribution in [0.4, 0.5) is 0 Å². The Bertz CT molecular complexity index is 333. The summed E-state index contributed by atoms with van der Waals surface area (Å²) < 4.78 is 5.51. The Labute approximate surface area is 121 Å². The van der Waals surface area contributed by atoms with Crippen LogP contribution in [-0.4, -0.2) is 39.3 Å². The van der Waals surface area contributed by atoms with Crippen molar-refractivity contribution in [3.8, 4) is 0 Å². The van der Waals surface area contributed by atoms with Crippen molar-refractivity contribution in [1.82, 2.24) is 10.6 Å². The third kappa shape index (κ3) is 9.47. The van der Waals surface area contributed by atoms with Crippen LogP contribution in [-0.2, 0) is 16.0 Å². The molecule has 0 fully saturated rings. The molecule has 0 saturated carbocycles. The monoisotopic (exact) mass is 286 g/mol. The van der Waals surface area contributed by atoms with Gasteiger partial charge in [0.2, 0.25) is 5.91 Å². The molecule has 1 aromatic carbocycles. The SMILES string of the molecule is CNCC(=O)NCCCOCCc1ccccc1.Cl. The molecule has 0 unspecified atom stereocenters. The van der Waals surface area contributed by atoms with Crippen LogP contribution in [0.3, 0.4) is 0 Å². The highest BCUT2D eigenvalue weighted by Crippen LogP contribution is 1.99. The van der Waals surface area contributed by atoms with E-state index in [1.54, 1.807) is 7.05 Å². The quantitative estimate of drug-likeness (QED) is 0.675. The molecular weight excluding hydrogens is 264 g/mol. The molecule has 0 radical (unpaired) electrons. The average Bonchev–Trinajstić information content (AvgIpc) is 2.39. The molecule has 0 spiro atoms. The minimum atomic E-state index is 0. The van der Waals surface area contributed by atoms with Crippen molar-refractivity contribution < 1.29 is 9.53 Å². The number of carbonyl (C=O) groups is 1. The molecule has 5 heteroatoms. The van der Waals surface area contributed by atoms with Crippen LogP contribution < -0.4 is 10.6 Å². The van der Waals surface area contributed by atoms with Gasteiger partial charge in [0, 0.05) is 13.2 Å². The predicted octanol–water partition coefficient (Wildman–Crippen LogP) is 1.39. The maximum atomic E-state index is 11.1. The van der Waals surface area contributed by atoms with Gasteiger partial charge in [0.1, 0.15) is 0 Å². The first-order valence-electron chi connectivity index (χ1n) is 6.36. The topological polar surface area (TPSA) is 50.4 Å². The summed E-state index contributed by atoms with van der Waals surface area (Å²) in [6.07, 6.45) is 1.79. The lowest BCUT2D eigenvalue weighted by Crippen LogP contribution is -2.33. The van der Waals surface area contributed by atoms with Gasteiger partial charge in [0.25, 0.3) is 0 Å². The van der Waals surface area contributed by atoms with Gasteiger partial charge in [-0.15, -0.1) is 12.4 Å². The van der Waals surface area contributed by atoms with Crippen molar-refractivity contribution in [3.05, 3.63) is 35.9 Å². The third-order valence-corrected chi connectivity index (χ3v) is 2.50. The predicted molar refractivity (Wildman–Crippen MR) is 79.8 cm³/mol. The first-order chi connectivity index (χ1) is 8.83. The molecule has 2 N–H and O–H groups in total. The van der Waals surface area contributed by atoms with E-state index in [9.17, 15) is 4.79 Å². The van der Waals surface area contributed by atoms with Gasteiger partial charge >= 0.3 is 0 Å². The molecule has 0 atom stereocenters. The fraction of sp³-hybridized carbons (Fsp3) is 0.500. The number of ether oxygens (including phenoxy) is 1. The summed E-state index contributed by atoms with van der Waals surface area (Å²) in [6.45, 7) is 2.46. The molecule has 0 aliphatic rings. The van der Waals surface area contributed by atoms with Gasteiger partial charge in [-0.1, -0.05) is 30.3 Å². The molecule has 0 aromatic heterocycles. The van der Waals surface area contributed by atoms with E-state index in [1.807, 2.05) is 18.2 Å². The van der Waals surface area contributed by atoms with Crippen molar-refractivity contribution in [2.45, 2.75) is 12.8 Å². The van der Waals surface area contributed by atoms with E-state index in [1.165, 1.54) is 5.56 Å². The zero-order chi connectivity index (χ0) is 13.1. The summed E-state index contributed by atoms with van der Waals surface area (Å²) in [7, 11) is 1.76. The standard InChI is InChI=1S/C14H22N2O2.ClH/c1-15-12-14(17)16-9-5-10-18-11-8-13-6-3-2-4-7-13;/h2-4,6-7,15H,5,8-12H2,1H3,(H,16,17);1H. The number of amides is 1. The van der Waals surface area contributed by atoms with E-state index in [0.29, 0.717) is 19.7 Å². The number of nitrogens with one attached hydrogen (secondary N) is 2. The minimum absolute atomic E-state index is 0. The molecule has 0 saturated heterocycles. The number of rotatable bonds is 9. The zero-order valence-corrected chi connectivity index (χ0v) is 12.2. The maximum Gasteiger partial charge on any atom is 0.233 e. The van der Waals surface area contributed by atoms with Crippen LogP contribution >= 0.6 is 12.4 Å². The number of hydrogen-bond donors (Lipinski definition) is 2. The first-order valence-corrected chi connectivity index (χ1v) is 6.36. The molecule has 1 aromatic rings. The maximum absolute atomic E-state index is 11.1. The highest BCUT2D eigenvalue weighted by molar-refractivity contribution is 5.85. The van der Waals surface area contributed by atoms with Crippen molar-refractivity contribution in [2.24, 2.45) is 0 Å². The summed E-state index contributed by atoms with van der Waals surface area (Å²) >= 11 is 0. The molecule has 19 heavy (non-hydrogen) atoms. The summed E-state index contributed by atoms with van der Waals surface area (Å²) in [5, 5.41) is 5.61. The first kappa shape index (κ1) is 17.9. The second-order valence-corrected chi connectivity index (χ2v) is 4.08. The van der Waals surface area contributed by atoms with Crippen LogP contribution in [0.1, 0.15) is 12.0 Å². The van der Waals surface area contributed by atoms with Crippen LogP contribution in [0.25, 0.3) is 0 Å². The van der Waals surface area contributed by atoms with Gasteiger partial charge in [-0.2, -0.15) is 0 Å². The van der Waals surface area contributed by atoms with Crippen LogP contribution in [0.2, 0.25) is 0 Å². The number of halogens is 1. The average molecular weight is 287 g/mol. The number of hydrogen-bond acceptors (Lipinski definition) is 3. The summed E-state index contributed by atoms with van der Waals surface area (Å²) in [5.41, 5.74) is 1.29. The molecule has 0 aliphatic heterocycles. The number of carbonyl (C=O) groups excluding carboxylic acids is 1. The number of benzene rings is 1. The highest BCUT2D eigenvalue weighted by atomic mass is 35.5. The van der Waals surface area contributed by atoms with E-state index >= 15 is 0 Å². The lowest BCUT2D eigenvalue weighted by molar-refractivity contribution is -0.120. The van der Waals surface area contributed by atoms with Gasteiger partial charge in [0.15, 0.2) is 0 Å². The molecule has 108 valence electrons. The minimum Gasteiger partial charge on any atom is -0.381 e. The lowest BCUT2D eigenvalue weighted by Gasteiger charge is -2.06. The Morgan fingerprint density at radius 3 is 2.63 bits per heavy atom. The summed E-state index contributed by atoms with van der Waals surface area (Å²) in [6, 6.07) is 10.3. The molecule has 0 heterocycles. The summed E-state index contributed by atoms with van der Waals surface area (Å²) in [5.74, 6) is 0.0294. The van der Waals surface area contributed by atoms with Gasteiger partial charge in [0.05, 0.1) is 13.2 Å². The largest absolute Gasteiger partial charge is 0.381 e. The fourth-order valence-electron chi connectivity index (χ4n) is 1.56. The molecular formula is C14H23ClN2O2. The smallest absolute Gasteiger partial charge is 0.233 e. The molecule has 0 bridgehead atoms. The van der Waals surface area contributed by atoms with Gasteiger partial charge in [-0.05, 0) is 25.5 Å². The lowest BCUT2D eigenvalue weighted by atomic mass is 10.2. The Morgan fingerprint density at radius 1 is 1.21 bits per heavy atom. The Balaban J connectivity index is 0.00000324. The summed E-state index contributed by atoms with van der Waals surface area (Å²) in [4.78, 5) is 11.1. The Hall–Kier alpha value is -1.10. The molecule has 1 rings (SSSR count). The second kappa shape index (κ2) is 12.0. The van der Waals surface area contributed by atoms with E-state index < -0.39 is 0 Å². The molecule has 0 aliphatic carbocycles.